The van der Waals surface area contributed by atoms with E-state index in [1.807, 2.05) is 6.92 Å². The van der Waals surface area contributed by atoms with Crippen molar-refractivity contribution in [1.29, 1.82) is 0 Å². The van der Waals surface area contributed by atoms with Crippen LogP contribution in [0.4, 0.5) is 66.2 Å². The number of aryl methyl sites for hydroxylation is 10. The van der Waals surface area contributed by atoms with Crippen molar-refractivity contribution in [3.05, 3.63) is 205 Å². The van der Waals surface area contributed by atoms with E-state index < -0.39 is 128 Å². The molecule has 780 valence electrons. The van der Waals surface area contributed by atoms with Crippen LogP contribution in [0.5, 0.6) is 0 Å². The Hall–Kier alpha value is -11.3. The van der Waals surface area contributed by atoms with Gasteiger partial charge < -0.3 is 101 Å². The number of nitrogens with two attached hydrogens (primary N) is 6. The van der Waals surface area contributed by atoms with Gasteiger partial charge in [-0.3, -0.25) is 14.9 Å². The molecule has 51 heteroatoms. The van der Waals surface area contributed by atoms with Crippen LogP contribution in [0.25, 0.3) is 55.5 Å². The van der Waals surface area contributed by atoms with Crippen LogP contribution in [0.15, 0.2) is 86.2 Å². The van der Waals surface area contributed by atoms with Crippen LogP contribution in [0.3, 0.4) is 0 Å². The van der Waals surface area contributed by atoms with Gasteiger partial charge in [0.05, 0.1) is 128 Å². The van der Waals surface area contributed by atoms with Gasteiger partial charge in [0.2, 0.25) is 5.24 Å². The molecular formula is C92H111BBr2Cl4F6IN14O22Sn-. The molecule has 6 aromatic carbocycles. The number of hydrogen-bond acceptors (Lipinski definition) is 33. The normalized spacial score (nSPS) is 11.3. The van der Waals surface area contributed by atoms with Crippen LogP contribution in [-0.4, -0.2) is 180 Å². The number of anilines is 6. The van der Waals surface area contributed by atoms with Gasteiger partial charge in [-0.05, 0) is 220 Å². The van der Waals surface area contributed by atoms with Crippen molar-refractivity contribution in [2.45, 2.75) is 168 Å². The number of nitro groups is 1. The second kappa shape index (κ2) is 58.6. The third kappa shape index (κ3) is 34.2. The van der Waals surface area contributed by atoms with Crippen molar-refractivity contribution in [2.24, 2.45) is 5.92 Å². The number of ether oxygens (including phenoxy) is 5. The maximum absolute atomic E-state index is 15.2. The number of nitrogen functional groups attached to an aromatic ring is 6. The molecule has 6 heterocycles. The summed E-state index contributed by atoms with van der Waals surface area (Å²) in [5.74, 6) is -6.80. The predicted octanol–water partition coefficient (Wildman–Crippen LogP) is 16.9. The van der Waals surface area contributed by atoms with Gasteiger partial charge in [0.1, 0.15) is 110 Å². The fraction of sp³-hybridized carbons (Fsp3) is 0.359. The van der Waals surface area contributed by atoms with Gasteiger partial charge in [-0.15, -0.1) is 12.4 Å². The number of carboxylic acid groups (broad SMARTS) is 1. The molecule has 0 unspecified atom stereocenters. The number of halogens is 13. The van der Waals surface area contributed by atoms with Gasteiger partial charge in [-0.25, -0.2) is 60.1 Å². The van der Waals surface area contributed by atoms with Gasteiger partial charge >= 0.3 is 116 Å². The van der Waals surface area contributed by atoms with Crippen LogP contribution < -0.4 is 61.1 Å². The molecule has 0 aliphatic heterocycles. The number of nitrogens with zero attached hydrogens (tertiary/aromatic N) is 7. The number of hydrogen-bond donors (Lipinski definition) is 10. The van der Waals surface area contributed by atoms with Crippen LogP contribution in [0.1, 0.15) is 213 Å². The number of nitro benzene ring substituents is 1. The van der Waals surface area contributed by atoms with Crippen molar-refractivity contribution in [3.63, 3.8) is 0 Å². The van der Waals surface area contributed by atoms with E-state index in [0.717, 1.165) is 57.5 Å². The number of carboxylic acids is 1. The molecule has 0 spiro atoms. The SMILES string of the molecule is C.C.CC(C)(O)C(C)(C)O.CCC[I-]C.COC(=O)c1c(F)c(-c2c(C)noc2C)cc2[nH]c(C3CC3)nc12.COC(=O)c1c(N)c(N)cc(-c2c(C)noc2C)c1F.COC(=O)c1c(N)c([N+](=O)[O-])cc(-c2c(C)noc2C)c1F.COC(=O)c1c(N)ccc(-c2c(C)noc2C)c1F.COC(=O)c1c(N)ccc(Br)c1F.Cl.Nc1ccc(Br)c(F)c1C(=O)O.O=C(Cl)C1CC1.[B]c1c(C)noc1C.[Cl][Sn][Cl]. The van der Waals surface area contributed by atoms with Gasteiger partial charge in [-0.2, -0.15) is 0 Å². The number of carbonyl (C=O) groups is 7. The minimum atomic E-state index is -1.37. The van der Waals surface area contributed by atoms with Gasteiger partial charge in [0, 0.05) is 57.2 Å². The molecule has 2 aliphatic carbocycles. The Morgan fingerprint density at radius 3 is 1.13 bits per heavy atom. The van der Waals surface area contributed by atoms with E-state index in [0.29, 0.717) is 106 Å². The van der Waals surface area contributed by atoms with Crippen LogP contribution in [0, 0.1) is 120 Å². The summed E-state index contributed by atoms with van der Waals surface area (Å²) in [6.07, 6.45) is 5.52. The molecule has 2 fully saturated rings. The second-order valence-electron chi connectivity index (χ2n) is 30.9. The first kappa shape index (κ1) is 130. The van der Waals surface area contributed by atoms with E-state index in [2.05, 4.69) is 98.4 Å². The number of imidazole rings is 1. The number of rotatable bonds is 16. The minimum absolute atomic E-state index is 0. The van der Waals surface area contributed by atoms with Crippen molar-refractivity contribution < 1.29 is 148 Å². The number of H-pyrrole nitrogens is 1. The molecule has 12 aromatic rings. The summed E-state index contributed by atoms with van der Waals surface area (Å²) in [6, 6.07) is 12.4. The van der Waals surface area contributed by atoms with Crippen molar-refractivity contribution >= 4 is 198 Å². The van der Waals surface area contributed by atoms with Gasteiger partial charge in [0.15, 0.2) is 11.6 Å². The monoisotopic (exact) mass is 2430 g/mol. The topological polar surface area (TPSA) is 584 Å². The number of esters is 5. The van der Waals surface area contributed by atoms with E-state index in [4.69, 9.17) is 114 Å². The summed E-state index contributed by atoms with van der Waals surface area (Å²) in [6.45, 7) is 25.3. The standard InChI is InChI=1S/C17H16FN3O3.C13H12FN3O5.C13H14FN3O3.C13H13FN2O3.C8H7BrFNO2.C7H5BrFNO2.C6H14O2.C5H6BNO.C4H5ClO.C4H10I.2CH4.3ClH.Sn/c1-7-12(8(2)24-21-7)10-6-11-15(13(14(10)18)17(22)23-3)20-16(19-11)9-4-5-9;1-5-9(6(2)22-16-5)7-4-8(17(19)20)12(15)10(11(7)14)13(18)21-3;1-5-9(6(2)20-17-5)7-4-8(15)12(16)10(11(7)14)13(18)19-3;1-6-10(7(2)19-16-6)8-4-5-9(15)11(12(8)14)13(17)18-3;1-13-8(12)6-5(11)3-2-4(9)7(6)10;8-3-1-2-4(10)5(6(3)9)7(11)12;1-5(2,7)6(3,4)8;1-3-5(6)4(2)8-7-3;5-4(6)3-1-2-3;1-3-4-5-2;;;;;;/h6,9H,4-5H2,1-3H3,(H,19,20);4H,15H2,1-3H3;4H,15-16H2,1-3H3;4-5H,15H2,1-3H3;2-3H,11H2,1H3;1-2H,10H2,(H,11,12);7-8H,1-4H3;1-2H3;3H,1-2H2;3-4H2,1-2H3;2*1H4;3*1H;/q;;;;;;;;;-1;;;;;;+2/p-2. The number of aromatic carboxylic acids is 1. The Labute approximate surface area is 876 Å². The zero-order valence-corrected chi connectivity index (χ0v) is 91.1. The molecule has 2 saturated carbocycles. The third-order valence-electron chi connectivity index (χ3n) is 20.2. The second-order valence-corrected chi connectivity index (χ2v) is 39.8. The Morgan fingerprint density at radius 1 is 0.517 bits per heavy atom. The average Bonchev–Trinajstić information content (AvgIpc) is 1.61. The number of aromatic amines is 1. The fourth-order valence-electron chi connectivity index (χ4n) is 11.8. The fourth-order valence-corrected chi connectivity index (χ4v) is 13.8. The van der Waals surface area contributed by atoms with E-state index in [9.17, 15) is 65.6 Å². The molecule has 16 N–H and O–H groups in total. The number of benzene rings is 6. The van der Waals surface area contributed by atoms with Crippen LogP contribution >= 0.6 is 73.7 Å². The Bertz CT molecular complexity index is 6360. The molecular weight excluding hydrogens is 2330 g/mol. The summed E-state index contributed by atoms with van der Waals surface area (Å²) < 4.78 is 134. The molecule has 2 aliphatic rings. The Kier molecular flexibility index (Phi) is 53.2. The summed E-state index contributed by atoms with van der Waals surface area (Å²) in [4.78, 5) is 98.9. The molecule has 36 nitrogen and oxygen atoms in total. The summed E-state index contributed by atoms with van der Waals surface area (Å²) >= 11 is 10.6. The predicted molar refractivity (Wildman–Crippen MR) is 539 cm³/mol. The summed E-state index contributed by atoms with van der Waals surface area (Å²) in [5.41, 5.74) is 34.0. The molecule has 143 heavy (non-hydrogen) atoms. The van der Waals surface area contributed by atoms with E-state index in [1.54, 1.807) is 89.2 Å². The number of nitrogens with one attached hydrogen (secondary N) is 1. The third-order valence-corrected chi connectivity index (χ3v) is 23.9. The number of methoxy groups -OCH3 is 5. The first-order chi connectivity index (χ1) is 65.4. The summed E-state index contributed by atoms with van der Waals surface area (Å²) in [5, 5.41) is 56.3. The number of aliphatic hydroxyl groups is 2. The van der Waals surface area contributed by atoms with E-state index in [1.165, 1.54) is 81.6 Å². The zero-order chi connectivity index (χ0) is 107. The number of alkyl halides is 2. The maximum atomic E-state index is 15.2. The number of fused-ring (bicyclic) bond motifs is 1. The van der Waals surface area contributed by atoms with E-state index in [-0.39, 0.29) is 132 Å². The number of carbonyl (C=O) groups excluding carboxylic acids is 6. The summed E-state index contributed by atoms with van der Waals surface area (Å²) in [7, 11) is 21.0. The van der Waals surface area contributed by atoms with E-state index >= 15 is 4.39 Å². The van der Waals surface area contributed by atoms with Crippen LogP contribution in [0.2, 0.25) is 0 Å². The van der Waals surface area contributed by atoms with Crippen molar-refractivity contribution in [3.8, 4) is 44.5 Å². The van der Waals surface area contributed by atoms with Crippen molar-refractivity contribution in [2.75, 3.05) is 79.3 Å². The zero-order valence-electron chi connectivity index (χ0n) is 79.8. The Morgan fingerprint density at radius 2 is 0.839 bits per heavy atom. The van der Waals surface area contributed by atoms with Crippen molar-refractivity contribution in [1.82, 2.24) is 35.8 Å². The quantitative estimate of drug-likeness (QED) is 0.00410. The Balaban J connectivity index is 0.000000814. The molecule has 6 aromatic heterocycles. The van der Waals surface area contributed by atoms with Gasteiger partial charge in [-0.1, -0.05) is 40.6 Å². The molecule has 0 bridgehead atoms. The molecule has 14 rings (SSSR count). The molecule has 4 radical (unpaired) electrons. The van der Waals surface area contributed by atoms with Gasteiger partial charge in [0.25, 0.3) is 5.69 Å². The molecule has 0 atom stereocenters. The van der Waals surface area contributed by atoms with Crippen LogP contribution in [-0.2, 0) is 28.5 Å². The average molecular weight is 2440 g/mol. The molecule has 0 saturated heterocycles. The first-order valence-electron chi connectivity index (χ1n) is 40.9. The first-order valence-corrected chi connectivity index (χ1v) is 53.8. The molecule has 0 amide bonds. The number of aromatic nitrogens is 7.